The van der Waals surface area contributed by atoms with Crippen LogP contribution >= 0.6 is 31.9 Å². The Morgan fingerprint density at radius 2 is 1.76 bits per heavy atom. The van der Waals surface area contributed by atoms with Crippen LogP contribution in [0.3, 0.4) is 0 Å². The zero-order valence-electron chi connectivity index (χ0n) is 9.87. The third-order valence-electron chi connectivity index (χ3n) is 2.84. The molecule has 0 aliphatic carbocycles. The van der Waals surface area contributed by atoms with Crippen molar-refractivity contribution in [3.05, 3.63) is 69.2 Å². The van der Waals surface area contributed by atoms with Gasteiger partial charge in [-0.1, -0.05) is 67.8 Å². The van der Waals surface area contributed by atoms with E-state index in [0.29, 0.717) is 0 Å². The zero-order valence-corrected chi connectivity index (χ0v) is 13.0. The van der Waals surface area contributed by atoms with Crippen LogP contribution < -0.4 is 0 Å². The van der Waals surface area contributed by atoms with Gasteiger partial charge in [0.25, 0.3) is 0 Å². The van der Waals surface area contributed by atoms with Crippen molar-refractivity contribution >= 4 is 31.9 Å². The lowest BCUT2D eigenvalue weighted by atomic mass is 9.99. The quantitative estimate of drug-likeness (QED) is 0.621. The number of aryl methyl sites for hydroxylation is 2. The predicted octanol–water partition coefficient (Wildman–Crippen LogP) is 5.55. The van der Waals surface area contributed by atoms with Gasteiger partial charge in [0.2, 0.25) is 0 Å². The van der Waals surface area contributed by atoms with Crippen molar-refractivity contribution in [3.63, 3.8) is 0 Å². The molecule has 1 atom stereocenters. The van der Waals surface area contributed by atoms with Gasteiger partial charge in [-0.25, -0.2) is 0 Å². The van der Waals surface area contributed by atoms with E-state index in [0.717, 1.165) is 4.47 Å². The topological polar surface area (TPSA) is 0 Å². The van der Waals surface area contributed by atoms with E-state index in [1.807, 2.05) is 6.07 Å². The maximum absolute atomic E-state index is 3.78. The second kappa shape index (κ2) is 5.36. The molecule has 0 heterocycles. The predicted molar refractivity (Wildman–Crippen MR) is 80.8 cm³/mol. The van der Waals surface area contributed by atoms with Gasteiger partial charge in [0.15, 0.2) is 0 Å². The van der Waals surface area contributed by atoms with Crippen molar-refractivity contribution in [2.45, 2.75) is 18.7 Å². The Labute approximate surface area is 119 Å². The number of alkyl halides is 1. The van der Waals surface area contributed by atoms with Crippen molar-refractivity contribution in [3.8, 4) is 0 Å². The molecule has 0 aliphatic rings. The molecular formula is C15H14Br2. The summed E-state index contributed by atoms with van der Waals surface area (Å²) < 4.78 is 1.12. The molecule has 2 rings (SSSR count). The second-order valence-electron chi connectivity index (χ2n) is 4.28. The lowest BCUT2D eigenvalue weighted by molar-refractivity contribution is 1.13. The zero-order chi connectivity index (χ0) is 12.4. The number of hydrogen-bond acceptors (Lipinski definition) is 0. The Kier molecular flexibility index (Phi) is 4.05. The monoisotopic (exact) mass is 352 g/mol. The van der Waals surface area contributed by atoms with Crippen molar-refractivity contribution in [1.82, 2.24) is 0 Å². The summed E-state index contributed by atoms with van der Waals surface area (Å²) in [6, 6.07) is 15.0. The number of rotatable bonds is 2. The van der Waals surface area contributed by atoms with Crippen molar-refractivity contribution in [1.29, 1.82) is 0 Å². The molecule has 0 nitrogen and oxygen atoms in total. The minimum atomic E-state index is 0.251. The van der Waals surface area contributed by atoms with Crippen LogP contribution in [0.5, 0.6) is 0 Å². The Morgan fingerprint density at radius 1 is 1.00 bits per heavy atom. The molecule has 0 saturated heterocycles. The number of hydrogen-bond donors (Lipinski definition) is 0. The molecular weight excluding hydrogens is 340 g/mol. The van der Waals surface area contributed by atoms with Gasteiger partial charge in [-0.05, 0) is 42.7 Å². The van der Waals surface area contributed by atoms with Crippen LogP contribution in [0.15, 0.2) is 46.9 Å². The average molecular weight is 354 g/mol. The van der Waals surface area contributed by atoms with Gasteiger partial charge in [0.05, 0.1) is 4.83 Å². The summed E-state index contributed by atoms with van der Waals surface area (Å²) in [5, 5.41) is 0. The van der Waals surface area contributed by atoms with Crippen molar-refractivity contribution in [2.75, 3.05) is 0 Å². The molecule has 2 heteroatoms. The van der Waals surface area contributed by atoms with Gasteiger partial charge in [0.1, 0.15) is 0 Å². The molecule has 2 aromatic carbocycles. The van der Waals surface area contributed by atoms with Crippen LogP contribution in [0.4, 0.5) is 0 Å². The standard InChI is InChI=1S/C15H14Br2/c1-10-6-7-14(11(2)8-10)15(17)12-4-3-5-13(16)9-12/h3-9,15H,1-2H3. The maximum atomic E-state index is 3.78. The Morgan fingerprint density at radius 3 is 2.41 bits per heavy atom. The molecule has 0 aromatic heterocycles. The molecule has 1 unspecified atom stereocenters. The maximum Gasteiger partial charge on any atom is 0.0647 e. The SMILES string of the molecule is Cc1ccc(C(Br)c2cccc(Br)c2)c(C)c1. The van der Waals surface area contributed by atoms with E-state index in [2.05, 4.69) is 82.1 Å². The molecule has 0 radical (unpaired) electrons. The first kappa shape index (κ1) is 12.8. The van der Waals surface area contributed by atoms with Crippen LogP contribution in [-0.4, -0.2) is 0 Å². The second-order valence-corrected chi connectivity index (χ2v) is 6.11. The molecule has 0 saturated carbocycles. The minimum absolute atomic E-state index is 0.251. The van der Waals surface area contributed by atoms with E-state index >= 15 is 0 Å². The molecule has 0 amide bonds. The molecule has 2 aromatic rings. The van der Waals surface area contributed by atoms with Gasteiger partial charge >= 0.3 is 0 Å². The molecule has 0 aliphatic heterocycles. The number of halogens is 2. The largest absolute Gasteiger partial charge is 0.0786 e. The van der Waals surface area contributed by atoms with Crippen LogP contribution in [0.1, 0.15) is 27.1 Å². The summed E-state index contributed by atoms with van der Waals surface area (Å²) in [5.74, 6) is 0. The molecule has 0 N–H and O–H groups in total. The molecule has 0 fully saturated rings. The van der Waals surface area contributed by atoms with Gasteiger partial charge in [-0.15, -0.1) is 0 Å². The highest BCUT2D eigenvalue weighted by atomic mass is 79.9. The fourth-order valence-electron chi connectivity index (χ4n) is 1.95. The third kappa shape index (κ3) is 2.99. The van der Waals surface area contributed by atoms with Crippen LogP contribution in [0.25, 0.3) is 0 Å². The van der Waals surface area contributed by atoms with Crippen LogP contribution in [0.2, 0.25) is 0 Å². The third-order valence-corrected chi connectivity index (χ3v) is 4.35. The first-order chi connectivity index (χ1) is 8.08. The van der Waals surface area contributed by atoms with E-state index in [-0.39, 0.29) is 4.83 Å². The lowest BCUT2D eigenvalue weighted by Gasteiger charge is -2.14. The Bertz CT molecular complexity index is 532. The smallest absolute Gasteiger partial charge is 0.0647 e. The molecule has 0 bridgehead atoms. The minimum Gasteiger partial charge on any atom is -0.0786 e. The molecule has 88 valence electrons. The average Bonchev–Trinajstić information content (AvgIpc) is 2.28. The van der Waals surface area contributed by atoms with E-state index in [1.165, 1.54) is 22.3 Å². The molecule has 0 spiro atoms. The Balaban J connectivity index is 2.40. The first-order valence-electron chi connectivity index (χ1n) is 5.54. The van der Waals surface area contributed by atoms with Crippen LogP contribution in [0, 0.1) is 13.8 Å². The van der Waals surface area contributed by atoms with E-state index in [1.54, 1.807) is 0 Å². The first-order valence-corrected chi connectivity index (χ1v) is 7.25. The summed E-state index contributed by atoms with van der Waals surface area (Å²) in [5.41, 5.74) is 5.23. The van der Waals surface area contributed by atoms with E-state index in [4.69, 9.17) is 0 Å². The van der Waals surface area contributed by atoms with Gasteiger partial charge < -0.3 is 0 Å². The van der Waals surface area contributed by atoms with E-state index in [9.17, 15) is 0 Å². The van der Waals surface area contributed by atoms with Gasteiger partial charge in [-0.2, -0.15) is 0 Å². The lowest BCUT2D eigenvalue weighted by Crippen LogP contribution is -1.96. The highest BCUT2D eigenvalue weighted by Gasteiger charge is 2.12. The fourth-order valence-corrected chi connectivity index (χ4v) is 3.17. The highest BCUT2D eigenvalue weighted by molar-refractivity contribution is 9.10. The van der Waals surface area contributed by atoms with E-state index < -0.39 is 0 Å². The van der Waals surface area contributed by atoms with Gasteiger partial charge in [-0.3, -0.25) is 0 Å². The summed E-state index contributed by atoms with van der Waals surface area (Å²) in [6.07, 6.45) is 0. The van der Waals surface area contributed by atoms with Crippen molar-refractivity contribution in [2.24, 2.45) is 0 Å². The summed E-state index contributed by atoms with van der Waals surface area (Å²) in [4.78, 5) is 0.251. The summed E-state index contributed by atoms with van der Waals surface area (Å²) in [6.45, 7) is 4.29. The fraction of sp³-hybridized carbons (Fsp3) is 0.200. The highest BCUT2D eigenvalue weighted by Crippen LogP contribution is 2.34. The normalized spacial score (nSPS) is 12.5. The Hall–Kier alpha value is -0.600. The molecule has 17 heavy (non-hydrogen) atoms. The summed E-state index contributed by atoms with van der Waals surface area (Å²) >= 11 is 7.30. The van der Waals surface area contributed by atoms with Crippen LogP contribution in [-0.2, 0) is 0 Å². The van der Waals surface area contributed by atoms with Crippen molar-refractivity contribution < 1.29 is 0 Å². The number of benzene rings is 2. The summed E-state index contributed by atoms with van der Waals surface area (Å²) in [7, 11) is 0. The van der Waals surface area contributed by atoms with Gasteiger partial charge in [0, 0.05) is 4.47 Å².